The van der Waals surface area contributed by atoms with Crippen LogP contribution in [0.4, 0.5) is 26.3 Å². The molecule has 0 radical (unpaired) electrons. The zero-order chi connectivity index (χ0) is 13.9. The fourth-order valence-corrected chi connectivity index (χ4v) is 1.11. The Balaban J connectivity index is 3.29. The maximum Gasteiger partial charge on any atom is 0.574 e. The highest BCUT2D eigenvalue weighted by Gasteiger charge is 2.35. The third-order valence-electron chi connectivity index (χ3n) is 1.72. The number of alkyl halides is 5. The summed E-state index contributed by atoms with van der Waals surface area (Å²) in [4.78, 5) is 3.05. The van der Waals surface area contributed by atoms with Crippen molar-refractivity contribution in [1.82, 2.24) is 4.98 Å². The summed E-state index contributed by atoms with van der Waals surface area (Å²) in [7, 11) is 0. The third kappa shape index (κ3) is 3.51. The summed E-state index contributed by atoms with van der Waals surface area (Å²) >= 11 is 0. The minimum Gasteiger partial charge on any atom is -0.387 e. The Kier molecular flexibility index (Phi) is 4.00. The lowest BCUT2D eigenvalue weighted by molar-refractivity contribution is -0.276. The molecule has 0 atom stereocenters. The summed E-state index contributed by atoms with van der Waals surface area (Å²) in [5.41, 5.74) is -2.02. The molecule has 0 N–H and O–H groups in total. The summed E-state index contributed by atoms with van der Waals surface area (Å²) in [6.45, 7) is 0. The lowest BCUT2D eigenvalue weighted by Gasteiger charge is -2.13. The standard InChI is InChI=1S/C9H4F6N2O/c10-5-3-4(1-2-16)17-8(6(5)7(11)12)18-9(13,14)15/h3,7H,1H2. The molecule has 1 heterocycles. The number of nitriles is 1. The van der Waals surface area contributed by atoms with Gasteiger partial charge in [0.25, 0.3) is 6.43 Å². The van der Waals surface area contributed by atoms with Gasteiger partial charge in [-0.2, -0.15) is 5.26 Å². The summed E-state index contributed by atoms with van der Waals surface area (Å²) in [5.74, 6) is -3.19. The smallest absolute Gasteiger partial charge is 0.387 e. The molecule has 18 heavy (non-hydrogen) atoms. The molecule has 0 aliphatic rings. The Morgan fingerprint density at radius 3 is 2.44 bits per heavy atom. The lowest BCUT2D eigenvalue weighted by atomic mass is 10.2. The van der Waals surface area contributed by atoms with Gasteiger partial charge < -0.3 is 4.74 Å². The molecular weight excluding hydrogens is 266 g/mol. The highest BCUT2D eigenvalue weighted by atomic mass is 19.4. The molecule has 1 aromatic rings. The Morgan fingerprint density at radius 2 is 2.00 bits per heavy atom. The molecule has 3 nitrogen and oxygen atoms in total. The number of hydrogen-bond acceptors (Lipinski definition) is 3. The summed E-state index contributed by atoms with van der Waals surface area (Å²) in [6.07, 6.45) is -9.34. The summed E-state index contributed by atoms with van der Waals surface area (Å²) in [6, 6.07) is 1.96. The normalized spacial score (nSPS) is 11.4. The van der Waals surface area contributed by atoms with Crippen LogP contribution in [0.25, 0.3) is 0 Å². The van der Waals surface area contributed by atoms with Gasteiger partial charge in [0.1, 0.15) is 11.4 Å². The number of aromatic nitrogens is 1. The Labute approximate surface area is 96.6 Å². The van der Waals surface area contributed by atoms with Gasteiger partial charge in [0.15, 0.2) is 0 Å². The summed E-state index contributed by atoms with van der Waals surface area (Å²) in [5, 5.41) is 8.29. The zero-order valence-electron chi connectivity index (χ0n) is 8.43. The fraction of sp³-hybridized carbons (Fsp3) is 0.333. The van der Waals surface area contributed by atoms with Crippen LogP contribution in [0.1, 0.15) is 17.7 Å². The molecule has 0 saturated carbocycles. The zero-order valence-corrected chi connectivity index (χ0v) is 8.43. The van der Waals surface area contributed by atoms with E-state index in [9.17, 15) is 26.3 Å². The van der Waals surface area contributed by atoms with E-state index < -0.39 is 42.2 Å². The van der Waals surface area contributed by atoms with Crippen molar-refractivity contribution in [2.45, 2.75) is 19.2 Å². The fourth-order valence-electron chi connectivity index (χ4n) is 1.11. The van der Waals surface area contributed by atoms with Gasteiger partial charge >= 0.3 is 6.36 Å². The second-order valence-electron chi connectivity index (χ2n) is 3.00. The van der Waals surface area contributed by atoms with E-state index in [4.69, 9.17) is 5.26 Å². The minimum absolute atomic E-state index is 0.432. The maximum absolute atomic E-state index is 13.2. The molecule has 0 amide bonds. The van der Waals surface area contributed by atoms with Gasteiger partial charge in [0.2, 0.25) is 5.88 Å². The van der Waals surface area contributed by atoms with Crippen molar-refractivity contribution in [3.63, 3.8) is 0 Å². The molecule has 0 aromatic carbocycles. The van der Waals surface area contributed by atoms with E-state index in [0.717, 1.165) is 0 Å². The molecule has 0 bridgehead atoms. The van der Waals surface area contributed by atoms with E-state index >= 15 is 0 Å². The third-order valence-corrected chi connectivity index (χ3v) is 1.72. The van der Waals surface area contributed by atoms with Crippen molar-refractivity contribution in [2.24, 2.45) is 0 Å². The van der Waals surface area contributed by atoms with Gasteiger partial charge in [-0.3, -0.25) is 0 Å². The molecular formula is C9H4F6N2O. The predicted molar refractivity (Wildman–Crippen MR) is 45.2 cm³/mol. The van der Waals surface area contributed by atoms with Gasteiger partial charge in [-0.1, -0.05) is 0 Å². The van der Waals surface area contributed by atoms with E-state index in [-0.39, 0.29) is 0 Å². The monoisotopic (exact) mass is 270 g/mol. The molecule has 0 saturated heterocycles. The SMILES string of the molecule is N#CCc1cc(F)c(C(F)F)c(OC(F)(F)F)n1. The molecule has 0 fully saturated rings. The van der Waals surface area contributed by atoms with Crippen molar-refractivity contribution in [3.05, 3.63) is 23.1 Å². The van der Waals surface area contributed by atoms with Crippen molar-refractivity contribution < 1.29 is 31.1 Å². The first-order chi connectivity index (χ1) is 8.24. The number of rotatable bonds is 3. The van der Waals surface area contributed by atoms with E-state index in [2.05, 4.69) is 9.72 Å². The molecule has 98 valence electrons. The van der Waals surface area contributed by atoms with Crippen molar-refractivity contribution in [1.29, 1.82) is 5.26 Å². The topological polar surface area (TPSA) is 45.9 Å². The number of halogens is 6. The Hall–Kier alpha value is -1.98. The Morgan fingerprint density at radius 1 is 1.39 bits per heavy atom. The van der Waals surface area contributed by atoms with Crippen LogP contribution in [-0.2, 0) is 6.42 Å². The predicted octanol–water partition coefficient (Wildman–Crippen LogP) is 3.12. The van der Waals surface area contributed by atoms with Crippen molar-refractivity contribution in [2.75, 3.05) is 0 Å². The first-order valence-corrected chi connectivity index (χ1v) is 4.34. The Bertz CT molecular complexity index is 479. The molecule has 0 spiro atoms. The average molecular weight is 270 g/mol. The van der Waals surface area contributed by atoms with Crippen LogP contribution in [0.5, 0.6) is 5.88 Å². The van der Waals surface area contributed by atoms with E-state index in [1.165, 1.54) is 6.07 Å². The van der Waals surface area contributed by atoms with Crippen molar-refractivity contribution in [3.8, 4) is 11.9 Å². The number of nitrogens with zero attached hydrogens (tertiary/aromatic N) is 2. The van der Waals surface area contributed by atoms with E-state index in [1.54, 1.807) is 0 Å². The molecule has 0 aliphatic heterocycles. The quantitative estimate of drug-likeness (QED) is 0.793. The van der Waals surface area contributed by atoms with Gasteiger partial charge in [0, 0.05) is 0 Å². The van der Waals surface area contributed by atoms with Crippen LogP contribution in [0.3, 0.4) is 0 Å². The van der Waals surface area contributed by atoms with Gasteiger partial charge in [-0.05, 0) is 6.07 Å². The van der Waals surface area contributed by atoms with Crippen LogP contribution in [0.15, 0.2) is 6.07 Å². The van der Waals surface area contributed by atoms with Crippen LogP contribution in [-0.4, -0.2) is 11.3 Å². The molecule has 1 rings (SSSR count). The molecule has 1 aromatic heterocycles. The van der Waals surface area contributed by atoms with Gasteiger partial charge in [-0.25, -0.2) is 18.2 Å². The van der Waals surface area contributed by atoms with Crippen LogP contribution in [0, 0.1) is 17.1 Å². The van der Waals surface area contributed by atoms with E-state index in [0.29, 0.717) is 6.07 Å². The second kappa shape index (κ2) is 5.12. The van der Waals surface area contributed by atoms with Gasteiger partial charge in [0.05, 0.1) is 18.2 Å². The summed E-state index contributed by atoms with van der Waals surface area (Å²) < 4.78 is 77.0. The minimum atomic E-state index is -5.28. The first kappa shape index (κ1) is 14.1. The van der Waals surface area contributed by atoms with Crippen LogP contribution in [0.2, 0.25) is 0 Å². The van der Waals surface area contributed by atoms with Crippen LogP contribution >= 0.6 is 0 Å². The first-order valence-electron chi connectivity index (χ1n) is 4.34. The van der Waals surface area contributed by atoms with Crippen LogP contribution < -0.4 is 4.74 Å². The second-order valence-corrected chi connectivity index (χ2v) is 3.00. The highest BCUT2D eigenvalue weighted by molar-refractivity contribution is 5.32. The molecule has 0 unspecified atom stereocenters. The van der Waals surface area contributed by atoms with Gasteiger partial charge in [-0.15, -0.1) is 13.2 Å². The number of ether oxygens (including phenoxy) is 1. The van der Waals surface area contributed by atoms with E-state index in [1.807, 2.05) is 0 Å². The maximum atomic E-state index is 13.2. The highest BCUT2D eigenvalue weighted by Crippen LogP contribution is 2.33. The molecule has 9 heteroatoms. The molecule has 0 aliphatic carbocycles. The van der Waals surface area contributed by atoms with Crippen molar-refractivity contribution >= 4 is 0 Å². The largest absolute Gasteiger partial charge is 0.574 e. The number of pyridine rings is 1. The lowest BCUT2D eigenvalue weighted by Crippen LogP contribution is -2.20. The number of hydrogen-bond donors (Lipinski definition) is 0. The average Bonchev–Trinajstić information content (AvgIpc) is 2.13.